The first-order valence-corrected chi connectivity index (χ1v) is 14.8. The number of aliphatic imine (C=N–C) groups is 1. The second kappa shape index (κ2) is 13.8. The Morgan fingerprint density at radius 3 is 2.47 bits per heavy atom. The Labute approximate surface area is 258 Å². The van der Waals surface area contributed by atoms with E-state index in [1.165, 1.54) is 25.3 Å². The molecule has 1 aliphatic carbocycles. The van der Waals surface area contributed by atoms with Crippen LogP contribution in [0.3, 0.4) is 0 Å². The van der Waals surface area contributed by atoms with Gasteiger partial charge in [0.1, 0.15) is 11.7 Å². The summed E-state index contributed by atoms with van der Waals surface area (Å²) in [5, 5.41) is 12.4. The first-order valence-electron chi connectivity index (χ1n) is 14.8. The Hall–Kier alpha value is -4.28. The molecule has 2 aromatic rings. The lowest BCUT2D eigenvalue weighted by Gasteiger charge is -2.40. The number of imide groups is 1. The van der Waals surface area contributed by atoms with Crippen LogP contribution in [0.2, 0.25) is 0 Å². The normalized spacial score (nSPS) is 25.4. The standard InChI is InChI=1S/C32H34F3N5O5/c1-44-17-26-28(30(41)45-2)29(19-7-12-24(34)25(35)15-19)40(31(42)37-26)32(43)38-27-4-3-13-39(27)22-9-5-18(6-10-22)23-11-8-21(33)14-20(23)16-36/h7-8,11-12,14-15,18,22,27-29H,3-6,9-10,13,17H2,1-2H3,(H,38,43)/t18?,22?,27?,28?,29-/m0/s1. The zero-order valence-electron chi connectivity index (χ0n) is 25.0. The van der Waals surface area contributed by atoms with Gasteiger partial charge >= 0.3 is 18.0 Å². The van der Waals surface area contributed by atoms with E-state index in [2.05, 4.69) is 21.3 Å². The third-order valence-electron chi connectivity index (χ3n) is 8.98. The highest BCUT2D eigenvalue weighted by Gasteiger charge is 2.48. The lowest BCUT2D eigenvalue weighted by molar-refractivity contribution is -0.144. The Bertz CT molecular complexity index is 1540. The van der Waals surface area contributed by atoms with Crippen molar-refractivity contribution < 1.29 is 37.0 Å². The van der Waals surface area contributed by atoms with Crippen LogP contribution in [-0.4, -0.2) is 73.1 Å². The van der Waals surface area contributed by atoms with E-state index in [-0.39, 0.29) is 29.8 Å². The number of likely N-dealkylation sites (tertiary alicyclic amines) is 1. The van der Waals surface area contributed by atoms with Gasteiger partial charge in [0.25, 0.3) is 0 Å². The molecule has 1 N–H and O–H groups in total. The zero-order valence-corrected chi connectivity index (χ0v) is 25.0. The van der Waals surface area contributed by atoms with Crippen molar-refractivity contribution >= 4 is 23.7 Å². The highest BCUT2D eigenvalue weighted by molar-refractivity contribution is 6.12. The van der Waals surface area contributed by atoms with Crippen LogP contribution in [0.4, 0.5) is 22.8 Å². The molecule has 2 unspecified atom stereocenters. The van der Waals surface area contributed by atoms with Gasteiger partial charge in [-0.1, -0.05) is 12.1 Å². The largest absolute Gasteiger partial charge is 0.468 e. The van der Waals surface area contributed by atoms with Crippen LogP contribution in [0.5, 0.6) is 0 Å². The Kier molecular flexibility index (Phi) is 9.84. The van der Waals surface area contributed by atoms with Gasteiger partial charge in [-0.3, -0.25) is 9.69 Å². The minimum absolute atomic E-state index is 0.00639. The molecule has 0 radical (unpaired) electrons. The molecule has 45 heavy (non-hydrogen) atoms. The number of carbonyl (C=O) groups is 3. The first-order chi connectivity index (χ1) is 21.7. The molecule has 1 saturated heterocycles. The van der Waals surface area contributed by atoms with Crippen molar-refractivity contribution in [3.63, 3.8) is 0 Å². The Morgan fingerprint density at radius 2 is 1.80 bits per heavy atom. The average Bonchev–Trinajstić information content (AvgIpc) is 3.49. The molecule has 13 heteroatoms. The maximum atomic E-state index is 14.4. The molecule has 1 saturated carbocycles. The number of urea groups is 2. The Balaban J connectivity index is 1.36. The number of rotatable bonds is 7. The SMILES string of the molecule is COCC1=NC(=O)N(C(=O)NC2CCCN2C2CCC(c3ccc(F)cc3C#N)CC2)[C@@H](c2ccc(F)c(F)c2)C1C(=O)OC. The number of carbonyl (C=O) groups excluding carboxylic acids is 3. The van der Waals surface area contributed by atoms with E-state index in [9.17, 15) is 32.8 Å². The van der Waals surface area contributed by atoms with E-state index in [1.807, 2.05) is 0 Å². The summed E-state index contributed by atoms with van der Waals surface area (Å²) in [4.78, 5) is 47.2. The van der Waals surface area contributed by atoms with Crippen LogP contribution in [0.15, 0.2) is 41.4 Å². The van der Waals surface area contributed by atoms with E-state index in [0.717, 1.165) is 61.8 Å². The van der Waals surface area contributed by atoms with Crippen LogP contribution in [0.1, 0.15) is 67.2 Å². The maximum Gasteiger partial charge on any atom is 0.352 e. The van der Waals surface area contributed by atoms with Crippen molar-refractivity contribution in [2.45, 2.75) is 62.7 Å². The molecule has 3 aliphatic rings. The molecule has 238 valence electrons. The van der Waals surface area contributed by atoms with Crippen LogP contribution >= 0.6 is 0 Å². The molecule has 10 nitrogen and oxygen atoms in total. The summed E-state index contributed by atoms with van der Waals surface area (Å²) in [6.45, 7) is 0.482. The molecule has 0 bridgehead atoms. The second-order valence-electron chi connectivity index (χ2n) is 11.5. The van der Waals surface area contributed by atoms with E-state index < -0.39 is 53.6 Å². The fraction of sp³-hybridized carbons (Fsp3) is 0.469. The minimum atomic E-state index is -1.38. The second-order valence-corrected chi connectivity index (χ2v) is 11.5. The molecule has 5 rings (SSSR count). The number of amides is 4. The van der Waals surface area contributed by atoms with Gasteiger partial charge < -0.3 is 14.8 Å². The number of benzene rings is 2. The van der Waals surface area contributed by atoms with Gasteiger partial charge in [-0.05, 0) is 79.8 Å². The highest BCUT2D eigenvalue weighted by atomic mass is 19.2. The molecule has 3 atom stereocenters. The van der Waals surface area contributed by atoms with Gasteiger partial charge in [0.2, 0.25) is 0 Å². The number of methoxy groups -OCH3 is 2. The van der Waals surface area contributed by atoms with Crippen molar-refractivity contribution in [2.75, 3.05) is 27.4 Å². The van der Waals surface area contributed by atoms with Crippen LogP contribution in [0.25, 0.3) is 0 Å². The molecule has 2 heterocycles. The van der Waals surface area contributed by atoms with Gasteiger partial charge in [-0.15, -0.1) is 0 Å². The van der Waals surface area contributed by atoms with Gasteiger partial charge in [0.05, 0.1) is 43.3 Å². The summed E-state index contributed by atoms with van der Waals surface area (Å²) >= 11 is 0. The van der Waals surface area contributed by atoms with Crippen LogP contribution in [0, 0.1) is 34.7 Å². The molecule has 2 fully saturated rings. The van der Waals surface area contributed by atoms with Crippen molar-refractivity contribution in [2.24, 2.45) is 10.9 Å². The number of nitriles is 1. The predicted octanol–water partition coefficient (Wildman–Crippen LogP) is 5.19. The number of esters is 1. The van der Waals surface area contributed by atoms with Crippen LogP contribution in [-0.2, 0) is 14.3 Å². The minimum Gasteiger partial charge on any atom is -0.468 e. The number of ether oxygens (including phenoxy) is 2. The first kappa shape index (κ1) is 32.1. The number of hydrogen-bond donors (Lipinski definition) is 1. The third-order valence-corrected chi connectivity index (χ3v) is 8.98. The van der Waals surface area contributed by atoms with Crippen molar-refractivity contribution in [1.29, 1.82) is 5.26 Å². The summed E-state index contributed by atoms with van der Waals surface area (Å²) in [6.07, 6.45) is 4.11. The molecular weight excluding hydrogens is 591 g/mol. The number of hydrogen-bond acceptors (Lipinski definition) is 7. The van der Waals surface area contributed by atoms with Gasteiger partial charge in [-0.25, -0.2) is 27.7 Å². The summed E-state index contributed by atoms with van der Waals surface area (Å²) in [5.41, 5.74) is 1.18. The van der Waals surface area contributed by atoms with Crippen molar-refractivity contribution in [1.82, 2.24) is 15.1 Å². The van der Waals surface area contributed by atoms with Crippen molar-refractivity contribution in [3.8, 4) is 6.07 Å². The molecule has 4 amide bonds. The highest BCUT2D eigenvalue weighted by Crippen LogP contribution is 2.39. The third kappa shape index (κ3) is 6.57. The van der Waals surface area contributed by atoms with E-state index >= 15 is 0 Å². The molecule has 0 aromatic heterocycles. The lowest BCUT2D eigenvalue weighted by Crippen LogP contribution is -2.58. The number of nitrogens with zero attached hydrogens (tertiary/aromatic N) is 4. The monoisotopic (exact) mass is 625 g/mol. The quantitative estimate of drug-likeness (QED) is 0.420. The number of halogens is 3. The summed E-state index contributed by atoms with van der Waals surface area (Å²) in [5.74, 6) is -4.81. The fourth-order valence-electron chi connectivity index (χ4n) is 6.90. The van der Waals surface area contributed by atoms with Crippen LogP contribution < -0.4 is 5.32 Å². The smallest absolute Gasteiger partial charge is 0.352 e. The van der Waals surface area contributed by atoms with Gasteiger partial charge in [0.15, 0.2) is 11.6 Å². The predicted molar refractivity (Wildman–Crippen MR) is 156 cm³/mol. The summed E-state index contributed by atoms with van der Waals surface area (Å²) in [6, 6.07) is 6.25. The summed E-state index contributed by atoms with van der Waals surface area (Å²) < 4.78 is 52.1. The van der Waals surface area contributed by atoms with E-state index in [1.54, 1.807) is 6.07 Å². The molecule has 0 spiro atoms. The van der Waals surface area contributed by atoms with Crippen molar-refractivity contribution in [3.05, 3.63) is 70.5 Å². The van der Waals surface area contributed by atoms with Gasteiger partial charge in [-0.2, -0.15) is 10.3 Å². The molecular formula is C32H34F3N5O5. The number of nitrogens with one attached hydrogen (secondary N) is 1. The van der Waals surface area contributed by atoms with E-state index in [0.29, 0.717) is 18.5 Å². The summed E-state index contributed by atoms with van der Waals surface area (Å²) in [7, 11) is 2.48. The molecule has 2 aromatic carbocycles. The zero-order chi connectivity index (χ0) is 32.2. The fourth-order valence-corrected chi connectivity index (χ4v) is 6.90. The van der Waals surface area contributed by atoms with E-state index in [4.69, 9.17) is 9.47 Å². The Morgan fingerprint density at radius 1 is 1.04 bits per heavy atom. The average molecular weight is 626 g/mol. The van der Waals surface area contributed by atoms with Gasteiger partial charge in [0, 0.05) is 19.7 Å². The lowest BCUT2D eigenvalue weighted by atomic mass is 9.79. The topological polar surface area (TPSA) is 124 Å². The maximum absolute atomic E-state index is 14.4. The molecule has 2 aliphatic heterocycles.